The summed E-state index contributed by atoms with van der Waals surface area (Å²) >= 11 is 0. The molecule has 2 aromatic rings. The molecule has 5 nitrogen and oxygen atoms in total. The van der Waals surface area contributed by atoms with Gasteiger partial charge in [0.1, 0.15) is 9.84 Å². The van der Waals surface area contributed by atoms with Gasteiger partial charge in [-0.3, -0.25) is 0 Å². The molecule has 6 heteroatoms. The summed E-state index contributed by atoms with van der Waals surface area (Å²) < 4.78 is 24.6. The van der Waals surface area contributed by atoms with E-state index in [1.807, 2.05) is 25.3 Å². The molecular formula is C12H15N3O2S. The highest BCUT2D eigenvalue weighted by Crippen LogP contribution is 2.27. The topological polar surface area (TPSA) is 64.3 Å². The van der Waals surface area contributed by atoms with Crippen LogP contribution in [0.1, 0.15) is 30.1 Å². The van der Waals surface area contributed by atoms with Gasteiger partial charge in [0.15, 0.2) is 11.5 Å². The fourth-order valence-electron chi connectivity index (χ4n) is 2.38. The minimum absolute atomic E-state index is 0.174. The van der Waals surface area contributed by atoms with Crippen LogP contribution in [0.3, 0.4) is 0 Å². The fraction of sp³-hybridized carbons (Fsp3) is 0.500. The third-order valence-electron chi connectivity index (χ3n) is 3.49. The summed E-state index contributed by atoms with van der Waals surface area (Å²) in [6, 6.07) is 3.94. The highest BCUT2D eigenvalue weighted by Gasteiger charge is 2.27. The first kappa shape index (κ1) is 11.6. The predicted octanol–water partition coefficient (Wildman–Crippen LogP) is 1.33. The van der Waals surface area contributed by atoms with E-state index in [0.29, 0.717) is 12.8 Å². The minimum Gasteiger partial charge on any atom is -0.229 e. The lowest BCUT2D eigenvalue weighted by molar-refractivity contribution is 0.537. The quantitative estimate of drug-likeness (QED) is 0.780. The second-order valence-corrected chi connectivity index (χ2v) is 7.16. The van der Waals surface area contributed by atoms with Crippen molar-refractivity contribution in [3.05, 3.63) is 29.7 Å². The summed E-state index contributed by atoms with van der Waals surface area (Å²) in [5.41, 5.74) is 1.95. The number of nitrogens with zero attached hydrogens (tertiary/aromatic N) is 3. The lowest BCUT2D eigenvalue weighted by Crippen LogP contribution is -2.22. The maximum Gasteiger partial charge on any atom is 0.158 e. The number of hydrogen-bond donors (Lipinski definition) is 0. The van der Waals surface area contributed by atoms with E-state index in [-0.39, 0.29) is 17.4 Å². The van der Waals surface area contributed by atoms with Gasteiger partial charge in [0.2, 0.25) is 0 Å². The van der Waals surface area contributed by atoms with Crippen LogP contribution in [0.2, 0.25) is 0 Å². The summed E-state index contributed by atoms with van der Waals surface area (Å²) in [5, 5.41) is 4.46. The predicted molar refractivity (Wildman–Crippen MR) is 68.4 cm³/mol. The maximum absolute atomic E-state index is 11.4. The van der Waals surface area contributed by atoms with Gasteiger partial charge in [0.25, 0.3) is 0 Å². The Labute approximate surface area is 106 Å². The van der Waals surface area contributed by atoms with E-state index in [1.165, 1.54) is 0 Å². The van der Waals surface area contributed by atoms with Gasteiger partial charge in [0, 0.05) is 12.1 Å². The van der Waals surface area contributed by atoms with Gasteiger partial charge in [-0.2, -0.15) is 5.10 Å². The molecular weight excluding hydrogens is 250 g/mol. The van der Waals surface area contributed by atoms with Gasteiger partial charge < -0.3 is 0 Å². The highest BCUT2D eigenvalue weighted by atomic mass is 32.2. The molecule has 0 radical (unpaired) electrons. The van der Waals surface area contributed by atoms with E-state index in [4.69, 9.17) is 0 Å². The van der Waals surface area contributed by atoms with Crippen LogP contribution in [-0.2, 0) is 9.84 Å². The zero-order valence-corrected chi connectivity index (χ0v) is 11.0. The number of aryl methyl sites for hydroxylation is 1. The van der Waals surface area contributed by atoms with E-state index in [2.05, 4.69) is 10.1 Å². The zero-order chi connectivity index (χ0) is 12.8. The van der Waals surface area contributed by atoms with Crippen LogP contribution in [0.25, 0.3) is 5.65 Å². The normalized spacial score (nSPS) is 20.3. The SMILES string of the molecule is Cc1cccn2nc(C3CCS(=O)(=O)CC3)nc12. The Kier molecular flexibility index (Phi) is 2.62. The Balaban J connectivity index is 1.94. The van der Waals surface area contributed by atoms with Crippen LogP contribution in [-0.4, -0.2) is 34.5 Å². The van der Waals surface area contributed by atoms with Gasteiger partial charge in [-0.15, -0.1) is 0 Å². The van der Waals surface area contributed by atoms with Crippen molar-refractivity contribution in [2.24, 2.45) is 0 Å². The smallest absolute Gasteiger partial charge is 0.158 e. The molecule has 1 aliphatic heterocycles. The van der Waals surface area contributed by atoms with Gasteiger partial charge in [-0.05, 0) is 31.4 Å². The van der Waals surface area contributed by atoms with Gasteiger partial charge in [0.05, 0.1) is 11.5 Å². The monoisotopic (exact) mass is 265 g/mol. The van der Waals surface area contributed by atoms with Crippen LogP contribution < -0.4 is 0 Å². The second-order valence-electron chi connectivity index (χ2n) is 4.86. The fourth-order valence-corrected chi connectivity index (χ4v) is 3.87. The molecule has 18 heavy (non-hydrogen) atoms. The number of rotatable bonds is 1. The molecule has 2 aromatic heterocycles. The van der Waals surface area contributed by atoms with Crippen molar-refractivity contribution in [2.45, 2.75) is 25.7 Å². The van der Waals surface area contributed by atoms with Gasteiger partial charge in [-0.1, -0.05) is 6.07 Å². The van der Waals surface area contributed by atoms with Crippen molar-refractivity contribution in [3.63, 3.8) is 0 Å². The molecule has 1 aliphatic rings. The van der Waals surface area contributed by atoms with Crippen molar-refractivity contribution >= 4 is 15.5 Å². The molecule has 3 rings (SSSR count). The van der Waals surface area contributed by atoms with E-state index >= 15 is 0 Å². The van der Waals surface area contributed by atoms with E-state index in [1.54, 1.807) is 4.52 Å². The van der Waals surface area contributed by atoms with Crippen molar-refractivity contribution < 1.29 is 8.42 Å². The molecule has 0 atom stereocenters. The molecule has 0 unspecified atom stereocenters. The molecule has 0 aromatic carbocycles. The molecule has 96 valence electrons. The van der Waals surface area contributed by atoms with Crippen LogP contribution >= 0.6 is 0 Å². The largest absolute Gasteiger partial charge is 0.229 e. The standard InChI is InChI=1S/C12H15N3O2S/c1-9-3-2-6-15-12(9)13-11(14-15)10-4-7-18(16,17)8-5-10/h2-3,6,10H,4-5,7-8H2,1H3. The average Bonchev–Trinajstić information content (AvgIpc) is 2.74. The Bertz CT molecular complexity index is 676. The van der Waals surface area contributed by atoms with E-state index < -0.39 is 9.84 Å². The van der Waals surface area contributed by atoms with Gasteiger partial charge >= 0.3 is 0 Å². The Hall–Kier alpha value is -1.43. The average molecular weight is 265 g/mol. The van der Waals surface area contributed by atoms with Crippen molar-refractivity contribution in [1.29, 1.82) is 0 Å². The van der Waals surface area contributed by atoms with Crippen LogP contribution in [0.4, 0.5) is 0 Å². The summed E-state index contributed by atoms with van der Waals surface area (Å²) in [7, 11) is -2.82. The Morgan fingerprint density at radius 3 is 2.72 bits per heavy atom. The second kappa shape index (κ2) is 4.05. The lowest BCUT2D eigenvalue weighted by atomic mass is 10.0. The molecule has 3 heterocycles. The summed E-state index contributed by atoms with van der Waals surface area (Å²) in [5.74, 6) is 1.46. The van der Waals surface area contributed by atoms with Crippen molar-refractivity contribution in [1.82, 2.24) is 14.6 Å². The molecule has 1 saturated heterocycles. The third kappa shape index (κ3) is 2.01. The lowest BCUT2D eigenvalue weighted by Gasteiger charge is -2.18. The number of hydrogen-bond acceptors (Lipinski definition) is 4. The molecule has 0 amide bonds. The summed E-state index contributed by atoms with van der Waals surface area (Å²) in [6.45, 7) is 2.00. The zero-order valence-electron chi connectivity index (χ0n) is 10.2. The molecule has 0 aliphatic carbocycles. The summed E-state index contributed by atoms with van der Waals surface area (Å²) in [4.78, 5) is 4.54. The minimum atomic E-state index is -2.82. The van der Waals surface area contributed by atoms with Crippen LogP contribution in [0.15, 0.2) is 18.3 Å². The molecule has 0 spiro atoms. The van der Waals surface area contributed by atoms with E-state index in [9.17, 15) is 8.42 Å². The third-order valence-corrected chi connectivity index (χ3v) is 5.21. The van der Waals surface area contributed by atoms with Crippen LogP contribution in [0, 0.1) is 6.92 Å². The van der Waals surface area contributed by atoms with Crippen LogP contribution in [0.5, 0.6) is 0 Å². The van der Waals surface area contributed by atoms with Crippen molar-refractivity contribution in [2.75, 3.05) is 11.5 Å². The van der Waals surface area contributed by atoms with Gasteiger partial charge in [-0.25, -0.2) is 17.9 Å². The maximum atomic E-state index is 11.4. The van der Waals surface area contributed by atoms with E-state index in [0.717, 1.165) is 17.0 Å². The highest BCUT2D eigenvalue weighted by molar-refractivity contribution is 7.91. The molecule has 0 N–H and O–H groups in total. The number of fused-ring (bicyclic) bond motifs is 1. The first-order valence-corrected chi connectivity index (χ1v) is 7.90. The molecule has 1 fully saturated rings. The summed E-state index contributed by atoms with van der Waals surface area (Å²) in [6.07, 6.45) is 3.15. The number of pyridine rings is 1. The Morgan fingerprint density at radius 1 is 1.33 bits per heavy atom. The molecule has 0 bridgehead atoms. The van der Waals surface area contributed by atoms with Crippen molar-refractivity contribution in [3.8, 4) is 0 Å². The number of sulfone groups is 1. The number of aromatic nitrogens is 3. The first-order chi connectivity index (χ1) is 8.55. The Morgan fingerprint density at radius 2 is 2.06 bits per heavy atom. The molecule has 0 saturated carbocycles. The first-order valence-electron chi connectivity index (χ1n) is 6.07.